The third kappa shape index (κ3) is 4.87. The molecule has 1 aromatic rings. The molecular weight excluding hydrogens is 264 g/mol. The van der Waals surface area contributed by atoms with Crippen LogP contribution in [0.15, 0.2) is 4.52 Å². The second kappa shape index (κ2) is 8.22. The van der Waals surface area contributed by atoms with E-state index in [0.29, 0.717) is 25.3 Å². The van der Waals surface area contributed by atoms with E-state index in [2.05, 4.69) is 5.16 Å². The number of hydrogen-bond acceptors (Lipinski definition) is 5. The van der Waals surface area contributed by atoms with E-state index in [4.69, 9.17) is 9.63 Å². The van der Waals surface area contributed by atoms with Gasteiger partial charge >= 0.3 is 0 Å². The SMILES string of the molecule is CCN(CCCO)C(=O)CSCc1c(C)noc1C. The summed E-state index contributed by atoms with van der Waals surface area (Å²) in [5, 5.41) is 12.7. The maximum atomic E-state index is 12.0. The first-order chi connectivity index (χ1) is 9.10. The number of nitrogens with zero attached hydrogens (tertiary/aromatic N) is 2. The van der Waals surface area contributed by atoms with Crippen LogP contribution in [-0.2, 0) is 10.5 Å². The molecule has 0 bridgehead atoms. The molecule has 0 radical (unpaired) electrons. The van der Waals surface area contributed by atoms with Crippen LogP contribution in [0.25, 0.3) is 0 Å². The average molecular weight is 286 g/mol. The normalized spacial score (nSPS) is 10.7. The molecule has 0 aliphatic carbocycles. The Morgan fingerprint density at radius 2 is 2.21 bits per heavy atom. The van der Waals surface area contributed by atoms with Crippen LogP contribution in [-0.4, -0.2) is 46.5 Å². The molecule has 0 spiro atoms. The molecule has 1 rings (SSSR count). The van der Waals surface area contributed by atoms with Crippen LogP contribution in [0.4, 0.5) is 0 Å². The Morgan fingerprint density at radius 1 is 1.47 bits per heavy atom. The van der Waals surface area contributed by atoms with Crippen LogP contribution in [0, 0.1) is 13.8 Å². The van der Waals surface area contributed by atoms with Gasteiger partial charge < -0.3 is 14.5 Å². The lowest BCUT2D eigenvalue weighted by atomic mass is 10.2. The molecule has 0 fully saturated rings. The summed E-state index contributed by atoms with van der Waals surface area (Å²) in [5.74, 6) is 2.13. The minimum absolute atomic E-state index is 0.118. The lowest BCUT2D eigenvalue weighted by molar-refractivity contribution is -0.128. The van der Waals surface area contributed by atoms with Crippen molar-refractivity contribution in [3.05, 3.63) is 17.0 Å². The van der Waals surface area contributed by atoms with Crippen LogP contribution in [0.1, 0.15) is 30.4 Å². The number of aliphatic hydroxyl groups excluding tert-OH is 1. The molecular formula is C13H22N2O3S. The molecule has 1 heterocycles. The highest BCUT2D eigenvalue weighted by atomic mass is 32.2. The highest BCUT2D eigenvalue weighted by Crippen LogP contribution is 2.19. The number of hydrogen-bond donors (Lipinski definition) is 1. The van der Waals surface area contributed by atoms with Crippen molar-refractivity contribution in [3.63, 3.8) is 0 Å². The highest BCUT2D eigenvalue weighted by Gasteiger charge is 2.13. The number of rotatable bonds is 8. The Hall–Kier alpha value is -1.01. The van der Waals surface area contributed by atoms with Gasteiger partial charge in [-0.1, -0.05) is 5.16 Å². The number of aliphatic hydroxyl groups is 1. The first-order valence-corrected chi connectivity index (χ1v) is 7.63. The molecule has 1 N–H and O–H groups in total. The topological polar surface area (TPSA) is 66.6 Å². The fraction of sp³-hybridized carbons (Fsp3) is 0.692. The summed E-state index contributed by atoms with van der Waals surface area (Å²) in [4.78, 5) is 13.7. The second-order valence-corrected chi connectivity index (χ2v) is 5.33. The van der Waals surface area contributed by atoms with Crippen LogP contribution in [0.2, 0.25) is 0 Å². The van der Waals surface area contributed by atoms with E-state index in [1.807, 2.05) is 20.8 Å². The summed E-state index contributed by atoms with van der Waals surface area (Å²) >= 11 is 1.57. The lowest BCUT2D eigenvalue weighted by Crippen LogP contribution is -2.33. The van der Waals surface area contributed by atoms with E-state index >= 15 is 0 Å². The van der Waals surface area contributed by atoms with Gasteiger partial charge in [-0.2, -0.15) is 0 Å². The van der Waals surface area contributed by atoms with E-state index in [1.165, 1.54) is 0 Å². The zero-order chi connectivity index (χ0) is 14.3. The number of carbonyl (C=O) groups is 1. The van der Waals surface area contributed by atoms with Gasteiger partial charge in [-0.3, -0.25) is 4.79 Å². The van der Waals surface area contributed by atoms with Gasteiger partial charge in [0.25, 0.3) is 0 Å². The van der Waals surface area contributed by atoms with E-state index in [-0.39, 0.29) is 12.5 Å². The second-order valence-electron chi connectivity index (χ2n) is 4.35. The van der Waals surface area contributed by atoms with Gasteiger partial charge in [0.15, 0.2) is 0 Å². The zero-order valence-electron chi connectivity index (χ0n) is 11.8. The molecule has 0 aliphatic heterocycles. The monoisotopic (exact) mass is 286 g/mol. The Kier molecular flexibility index (Phi) is 6.94. The van der Waals surface area contributed by atoms with Crippen molar-refractivity contribution in [2.75, 3.05) is 25.4 Å². The summed E-state index contributed by atoms with van der Waals surface area (Å²) in [6.07, 6.45) is 0.633. The van der Waals surface area contributed by atoms with Gasteiger partial charge in [0.05, 0.1) is 11.4 Å². The van der Waals surface area contributed by atoms with Gasteiger partial charge in [-0.25, -0.2) is 0 Å². The summed E-state index contributed by atoms with van der Waals surface area (Å²) in [6.45, 7) is 7.18. The Labute approximate surface area is 118 Å². The smallest absolute Gasteiger partial charge is 0.232 e. The quantitative estimate of drug-likeness (QED) is 0.788. The van der Waals surface area contributed by atoms with Crippen molar-refractivity contribution in [1.29, 1.82) is 0 Å². The fourth-order valence-electron chi connectivity index (χ4n) is 1.76. The van der Waals surface area contributed by atoms with Crippen molar-refractivity contribution < 1.29 is 14.4 Å². The van der Waals surface area contributed by atoms with Crippen LogP contribution < -0.4 is 0 Å². The van der Waals surface area contributed by atoms with Crippen molar-refractivity contribution in [2.45, 2.75) is 32.9 Å². The summed E-state index contributed by atoms with van der Waals surface area (Å²) < 4.78 is 5.09. The molecule has 0 aromatic carbocycles. The molecule has 0 saturated heterocycles. The van der Waals surface area contributed by atoms with E-state index in [1.54, 1.807) is 16.7 Å². The minimum atomic E-state index is 0.118. The van der Waals surface area contributed by atoms with Gasteiger partial charge in [-0.05, 0) is 27.2 Å². The number of aryl methyl sites for hydroxylation is 2. The third-order valence-electron chi connectivity index (χ3n) is 2.97. The molecule has 0 saturated carbocycles. The lowest BCUT2D eigenvalue weighted by Gasteiger charge is -2.20. The van der Waals surface area contributed by atoms with Crippen LogP contribution in [0.5, 0.6) is 0 Å². The fourth-order valence-corrected chi connectivity index (χ4v) is 2.84. The predicted molar refractivity (Wildman–Crippen MR) is 76.1 cm³/mol. The predicted octanol–water partition coefficient (Wildman–Crippen LogP) is 1.76. The van der Waals surface area contributed by atoms with Crippen molar-refractivity contribution in [1.82, 2.24) is 10.1 Å². The summed E-state index contributed by atoms with van der Waals surface area (Å²) in [7, 11) is 0. The molecule has 0 atom stereocenters. The molecule has 0 unspecified atom stereocenters. The molecule has 1 aromatic heterocycles. The highest BCUT2D eigenvalue weighted by molar-refractivity contribution is 7.99. The molecule has 0 aliphatic rings. The Morgan fingerprint density at radius 3 is 2.74 bits per heavy atom. The van der Waals surface area contributed by atoms with E-state index in [0.717, 1.165) is 22.8 Å². The van der Waals surface area contributed by atoms with Crippen LogP contribution >= 0.6 is 11.8 Å². The zero-order valence-corrected chi connectivity index (χ0v) is 12.6. The average Bonchev–Trinajstić information content (AvgIpc) is 2.71. The van der Waals surface area contributed by atoms with E-state index in [9.17, 15) is 4.79 Å². The molecule has 1 amide bonds. The summed E-state index contributed by atoms with van der Waals surface area (Å²) in [6, 6.07) is 0. The minimum Gasteiger partial charge on any atom is -0.396 e. The van der Waals surface area contributed by atoms with Crippen molar-refractivity contribution >= 4 is 17.7 Å². The first kappa shape index (κ1) is 16.0. The Bertz CT molecular complexity index is 387. The maximum Gasteiger partial charge on any atom is 0.232 e. The van der Waals surface area contributed by atoms with Crippen LogP contribution in [0.3, 0.4) is 0 Å². The molecule has 19 heavy (non-hydrogen) atoms. The molecule has 5 nitrogen and oxygen atoms in total. The van der Waals surface area contributed by atoms with Gasteiger partial charge in [-0.15, -0.1) is 11.8 Å². The number of aromatic nitrogens is 1. The third-order valence-corrected chi connectivity index (χ3v) is 3.92. The maximum absolute atomic E-state index is 12.0. The van der Waals surface area contributed by atoms with Gasteiger partial charge in [0, 0.05) is 31.0 Å². The van der Waals surface area contributed by atoms with Crippen molar-refractivity contribution in [2.24, 2.45) is 0 Å². The van der Waals surface area contributed by atoms with Crippen molar-refractivity contribution in [3.8, 4) is 0 Å². The Balaban J connectivity index is 2.37. The molecule has 6 heteroatoms. The molecule has 108 valence electrons. The van der Waals surface area contributed by atoms with E-state index < -0.39 is 0 Å². The number of thioether (sulfide) groups is 1. The number of carbonyl (C=O) groups excluding carboxylic acids is 1. The first-order valence-electron chi connectivity index (χ1n) is 6.48. The number of amides is 1. The standard InChI is InChI=1S/C13H22N2O3S/c1-4-15(6-5-7-16)13(17)9-19-8-12-10(2)14-18-11(12)3/h16H,4-9H2,1-3H3. The van der Waals surface area contributed by atoms with Gasteiger partial charge in [0.2, 0.25) is 5.91 Å². The summed E-state index contributed by atoms with van der Waals surface area (Å²) in [5.41, 5.74) is 1.97. The largest absolute Gasteiger partial charge is 0.396 e. The van der Waals surface area contributed by atoms with Gasteiger partial charge in [0.1, 0.15) is 5.76 Å².